The first-order chi connectivity index (χ1) is 11.3. The van der Waals surface area contributed by atoms with Crippen LogP contribution >= 0.6 is 0 Å². The number of rotatable bonds is 2. The van der Waals surface area contributed by atoms with Crippen LogP contribution in [0.15, 0.2) is 42.5 Å². The van der Waals surface area contributed by atoms with Gasteiger partial charge in [-0.15, -0.1) is 0 Å². The van der Waals surface area contributed by atoms with Crippen LogP contribution < -0.4 is 0 Å². The fraction of sp³-hybridized carbons (Fsp3) is 0.211. The Morgan fingerprint density at radius 2 is 1.75 bits per heavy atom. The zero-order valence-electron chi connectivity index (χ0n) is 13.7. The van der Waals surface area contributed by atoms with Gasteiger partial charge in [-0.25, -0.2) is 14.6 Å². The second-order valence-corrected chi connectivity index (χ2v) is 6.54. The van der Waals surface area contributed by atoms with Gasteiger partial charge in [0.25, 0.3) is 0 Å². The number of aromatic carboxylic acids is 1. The molecule has 3 rings (SSSR count). The van der Waals surface area contributed by atoms with E-state index in [4.69, 9.17) is 4.74 Å². The molecule has 0 aliphatic carbocycles. The largest absolute Gasteiger partial charge is 0.478 e. The smallest absolute Gasteiger partial charge is 0.340 e. The van der Waals surface area contributed by atoms with E-state index in [2.05, 4.69) is 4.98 Å². The van der Waals surface area contributed by atoms with Crippen LogP contribution in [0, 0.1) is 0 Å². The Kier molecular flexibility index (Phi) is 3.72. The molecule has 0 amide bonds. The standard InChI is InChI=1S/C19H17NO4/c1-19(2,3)24-18(23)16-12(17(21)22)8-9-15-13(16)10-11-6-4-5-7-14(11)20-15/h4-10H,1-3H3,(H,21,22). The van der Waals surface area contributed by atoms with Crippen LogP contribution in [-0.2, 0) is 4.74 Å². The summed E-state index contributed by atoms with van der Waals surface area (Å²) in [7, 11) is 0. The highest BCUT2D eigenvalue weighted by atomic mass is 16.6. The summed E-state index contributed by atoms with van der Waals surface area (Å²) in [6.07, 6.45) is 0. The predicted octanol–water partition coefficient (Wildman–Crippen LogP) is 4.04. The van der Waals surface area contributed by atoms with Crippen molar-refractivity contribution in [2.75, 3.05) is 0 Å². The van der Waals surface area contributed by atoms with Crippen LogP contribution in [0.2, 0.25) is 0 Å². The zero-order valence-corrected chi connectivity index (χ0v) is 13.7. The third kappa shape index (κ3) is 2.93. The number of nitrogens with zero attached hydrogens (tertiary/aromatic N) is 1. The minimum Gasteiger partial charge on any atom is -0.478 e. The molecule has 0 fully saturated rings. The highest BCUT2D eigenvalue weighted by Crippen LogP contribution is 2.27. The Hall–Kier alpha value is -2.95. The van der Waals surface area contributed by atoms with Gasteiger partial charge in [0.2, 0.25) is 0 Å². The van der Waals surface area contributed by atoms with Crippen molar-refractivity contribution in [1.82, 2.24) is 4.98 Å². The molecule has 0 aliphatic heterocycles. The third-order valence-electron chi connectivity index (χ3n) is 3.53. The number of carboxylic acid groups (broad SMARTS) is 1. The van der Waals surface area contributed by atoms with Crippen molar-refractivity contribution in [2.45, 2.75) is 26.4 Å². The third-order valence-corrected chi connectivity index (χ3v) is 3.53. The first-order valence-electron chi connectivity index (χ1n) is 7.55. The summed E-state index contributed by atoms with van der Waals surface area (Å²) < 4.78 is 5.40. The van der Waals surface area contributed by atoms with E-state index in [0.29, 0.717) is 10.9 Å². The van der Waals surface area contributed by atoms with Crippen LogP contribution in [0.4, 0.5) is 0 Å². The highest BCUT2D eigenvalue weighted by molar-refractivity contribution is 6.13. The molecule has 0 atom stereocenters. The van der Waals surface area contributed by atoms with E-state index in [9.17, 15) is 14.7 Å². The molecule has 1 aromatic heterocycles. The first-order valence-corrected chi connectivity index (χ1v) is 7.55. The van der Waals surface area contributed by atoms with Crippen molar-refractivity contribution in [3.8, 4) is 0 Å². The summed E-state index contributed by atoms with van der Waals surface area (Å²) in [5, 5.41) is 10.8. The van der Waals surface area contributed by atoms with Crippen LogP contribution in [-0.4, -0.2) is 27.6 Å². The molecule has 0 radical (unpaired) electrons. The van der Waals surface area contributed by atoms with Crippen molar-refractivity contribution in [3.63, 3.8) is 0 Å². The van der Waals surface area contributed by atoms with Gasteiger partial charge in [0.05, 0.1) is 22.2 Å². The molecule has 1 N–H and O–H groups in total. The maximum Gasteiger partial charge on any atom is 0.340 e. The lowest BCUT2D eigenvalue weighted by Gasteiger charge is -2.21. The molecule has 0 aliphatic rings. The second-order valence-electron chi connectivity index (χ2n) is 6.54. The summed E-state index contributed by atoms with van der Waals surface area (Å²) in [5.41, 5.74) is 0.559. The number of hydrogen-bond donors (Lipinski definition) is 1. The minimum absolute atomic E-state index is 0.0354. The van der Waals surface area contributed by atoms with Crippen molar-refractivity contribution >= 4 is 33.7 Å². The van der Waals surface area contributed by atoms with Crippen LogP contribution in [0.3, 0.4) is 0 Å². The number of aromatic nitrogens is 1. The zero-order chi connectivity index (χ0) is 17.5. The fourth-order valence-corrected chi connectivity index (χ4v) is 2.58. The van der Waals surface area contributed by atoms with Gasteiger partial charge in [-0.3, -0.25) is 0 Å². The Bertz CT molecular complexity index is 970. The lowest BCUT2D eigenvalue weighted by Crippen LogP contribution is -2.25. The van der Waals surface area contributed by atoms with Crippen molar-refractivity contribution in [1.29, 1.82) is 0 Å². The number of para-hydroxylation sites is 1. The van der Waals surface area contributed by atoms with Gasteiger partial charge in [0.15, 0.2) is 0 Å². The predicted molar refractivity (Wildman–Crippen MR) is 91.4 cm³/mol. The molecule has 0 unspecified atom stereocenters. The van der Waals surface area contributed by atoms with E-state index in [1.165, 1.54) is 6.07 Å². The molecule has 5 heteroatoms. The molecular formula is C19H17NO4. The maximum atomic E-state index is 12.6. The summed E-state index contributed by atoms with van der Waals surface area (Å²) >= 11 is 0. The lowest BCUT2D eigenvalue weighted by molar-refractivity contribution is 0.00682. The maximum absolute atomic E-state index is 12.6. The van der Waals surface area contributed by atoms with E-state index in [1.54, 1.807) is 32.9 Å². The van der Waals surface area contributed by atoms with Crippen LogP contribution in [0.25, 0.3) is 21.8 Å². The second kappa shape index (κ2) is 5.60. The topological polar surface area (TPSA) is 76.5 Å². The number of benzene rings is 2. The van der Waals surface area contributed by atoms with Gasteiger partial charge in [-0.2, -0.15) is 0 Å². The van der Waals surface area contributed by atoms with Gasteiger partial charge in [-0.1, -0.05) is 18.2 Å². The number of ether oxygens (including phenoxy) is 1. The highest BCUT2D eigenvalue weighted by Gasteiger charge is 2.25. The lowest BCUT2D eigenvalue weighted by atomic mass is 10.00. The number of carbonyl (C=O) groups excluding carboxylic acids is 1. The number of carboxylic acids is 1. The molecule has 122 valence electrons. The Morgan fingerprint density at radius 3 is 2.42 bits per heavy atom. The molecular weight excluding hydrogens is 306 g/mol. The van der Waals surface area contributed by atoms with Crippen molar-refractivity contribution < 1.29 is 19.4 Å². The molecule has 0 saturated carbocycles. The van der Waals surface area contributed by atoms with Gasteiger partial charge in [-0.05, 0) is 45.0 Å². The molecule has 2 aromatic carbocycles. The molecule has 5 nitrogen and oxygen atoms in total. The van der Waals surface area contributed by atoms with E-state index in [-0.39, 0.29) is 11.1 Å². The fourth-order valence-electron chi connectivity index (χ4n) is 2.58. The van der Waals surface area contributed by atoms with Gasteiger partial charge < -0.3 is 9.84 Å². The Balaban J connectivity index is 2.33. The molecule has 3 aromatic rings. The number of hydrogen-bond acceptors (Lipinski definition) is 4. The molecule has 1 heterocycles. The van der Waals surface area contributed by atoms with E-state index in [0.717, 1.165) is 10.9 Å². The average molecular weight is 323 g/mol. The quantitative estimate of drug-likeness (QED) is 0.569. The van der Waals surface area contributed by atoms with Crippen LogP contribution in [0.5, 0.6) is 0 Å². The van der Waals surface area contributed by atoms with Crippen molar-refractivity contribution in [2.24, 2.45) is 0 Å². The number of esters is 1. The summed E-state index contributed by atoms with van der Waals surface area (Å²) in [4.78, 5) is 28.7. The number of carbonyl (C=O) groups is 2. The molecule has 24 heavy (non-hydrogen) atoms. The van der Waals surface area contributed by atoms with E-state index in [1.807, 2.05) is 24.3 Å². The van der Waals surface area contributed by atoms with Gasteiger partial charge >= 0.3 is 11.9 Å². The SMILES string of the molecule is CC(C)(C)OC(=O)c1c(C(=O)O)ccc2nc3ccccc3cc12. The summed E-state index contributed by atoms with van der Waals surface area (Å²) in [5.74, 6) is -1.84. The number of pyridine rings is 1. The van der Waals surface area contributed by atoms with E-state index >= 15 is 0 Å². The van der Waals surface area contributed by atoms with Crippen LogP contribution in [0.1, 0.15) is 41.5 Å². The molecule has 0 saturated heterocycles. The van der Waals surface area contributed by atoms with Crippen molar-refractivity contribution in [3.05, 3.63) is 53.6 Å². The number of fused-ring (bicyclic) bond motifs is 2. The monoisotopic (exact) mass is 323 g/mol. The Labute approximate surface area is 138 Å². The first kappa shape index (κ1) is 15.9. The average Bonchev–Trinajstić information content (AvgIpc) is 2.49. The molecule has 0 bridgehead atoms. The van der Waals surface area contributed by atoms with E-state index < -0.39 is 17.5 Å². The summed E-state index contributed by atoms with van der Waals surface area (Å²) in [6.45, 7) is 5.22. The minimum atomic E-state index is -1.18. The molecule has 0 spiro atoms. The van der Waals surface area contributed by atoms with Gasteiger partial charge in [0.1, 0.15) is 5.60 Å². The summed E-state index contributed by atoms with van der Waals surface area (Å²) in [6, 6.07) is 12.3. The normalized spacial score (nSPS) is 11.6. The Morgan fingerprint density at radius 1 is 1.04 bits per heavy atom. The van der Waals surface area contributed by atoms with Gasteiger partial charge in [0, 0.05) is 10.8 Å².